The molecule has 0 amide bonds. The summed E-state index contributed by atoms with van der Waals surface area (Å²) in [5, 5.41) is 3.57. The molecule has 0 aliphatic heterocycles. The molecule has 208 valence electrons. The van der Waals surface area contributed by atoms with Crippen molar-refractivity contribution in [1.82, 2.24) is 14.5 Å². The first-order valence-corrected chi connectivity index (χ1v) is 15.3. The van der Waals surface area contributed by atoms with Crippen LogP contribution < -0.4 is 10.3 Å². The van der Waals surface area contributed by atoms with Crippen LogP contribution in [-0.4, -0.2) is 30.0 Å². The molecular formula is C31H25BrClN3O4S. The van der Waals surface area contributed by atoms with Crippen molar-refractivity contribution in [2.45, 2.75) is 23.8 Å². The molecule has 2 N–H and O–H groups in total. The summed E-state index contributed by atoms with van der Waals surface area (Å²) in [5.41, 5.74) is 1.79. The maximum atomic E-state index is 14.2. The number of halogens is 2. The highest BCUT2D eigenvalue weighted by Crippen LogP contribution is 2.32. The minimum Gasteiger partial charge on any atom is -0.295 e. The van der Waals surface area contributed by atoms with Gasteiger partial charge in [-0.1, -0.05) is 88.2 Å². The van der Waals surface area contributed by atoms with E-state index in [4.69, 9.17) is 11.6 Å². The third-order valence-corrected chi connectivity index (χ3v) is 8.99. The molecule has 1 aromatic heterocycles. The van der Waals surface area contributed by atoms with Crippen molar-refractivity contribution in [1.29, 1.82) is 0 Å². The number of ketones is 1. The van der Waals surface area contributed by atoms with Gasteiger partial charge in [-0.15, -0.1) is 0 Å². The highest BCUT2D eigenvalue weighted by atomic mass is 79.9. The van der Waals surface area contributed by atoms with Gasteiger partial charge in [-0.05, 0) is 61.0 Å². The summed E-state index contributed by atoms with van der Waals surface area (Å²) in [4.78, 5) is 28.2. The Balaban J connectivity index is 1.73. The normalized spacial score (nSPS) is 13.0. The molecule has 0 aliphatic carbocycles. The van der Waals surface area contributed by atoms with Crippen molar-refractivity contribution in [3.8, 4) is 5.69 Å². The Hall–Kier alpha value is -3.76. The predicted octanol–water partition coefficient (Wildman–Crippen LogP) is 6.25. The average Bonchev–Trinajstić information content (AvgIpc) is 3.27. The number of rotatable bonds is 9. The van der Waals surface area contributed by atoms with E-state index >= 15 is 0 Å². The van der Waals surface area contributed by atoms with Gasteiger partial charge in [0.15, 0.2) is 5.78 Å². The third kappa shape index (κ3) is 6.13. The number of H-pyrrole nitrogens is 1. The number of carbonyl (C=O) groups is 1. The zero-order chi connectivity index (χ0) is 29.1. The van der Waals surface area contributed by atoms with Gasteiger partial charge >= 0.3 is 0 Å². The molecule has 7 nitrogen and oxygen atoms in total. The van der Waals surface area contributed by atoms with Crippen LogP contribution in [0.5, 0.6) is 0 Å². The quantitative estimate of drug-likeness (QED) is 0.184. The zero-order valence-corrected chi connectivity index (χ0v) is 24.9. The van der Waals surface area contributed by atoms with Crippen molar-refractivity contribution in [2.75, 3.05) is 0 Å². The van der Waals surface area contributed by atoms with Crippen LogP contribution in [0, 0.1) is 6.92 Å². The Morgan fingerprint density at radius 2 is 1.46 bits per heavy atom. The van der Waals surface area contributed by atoms with Gasteiger partial charge in [-0.3, -0.25) is 14.7 Å². The van der Waals surface area contributed by atoms with Crippen molar-refractivity contribution in [2.24, 2.45) is 0 Å². The molecule has 4 aromatic carbocycles. The molecule has 0 bridgehead atoms. The van der Waals surface area contributed by atoms with Gasteiger partial charge in [0.25, 0.3) is 5.56 Å². The molecule has 41 heavy (non-hydrogen) atoms. The fourth-order valence-corrected chi connectivity index (χ4v) is 6.38. The Morgan fingerprint density at radius 1 is 0.878 bits per heavy atom. The Labute approximate surface area is 251 Å². The summed E-state index contributed by atoms with van der Waals surface area (Å²) in [6, 6.07) is 28.8. The summed E-state index contributed by atoms with van der Waals surface area (Å²) in [6.07, 6.45) is 0. The lowest BCUT2D eigenvalue weighted by atomic mass is 9.82. The van der Waals surface area contributed by atoms with Gasteiger partial charge in [0.05, 0.1) is 16.6 Å². The molecule has 0 fully saturated rings. The number of nitrogens with zero attached hydrogens (tertiary/aromatic N) is 1. The Bertz CT molecular complexity index is 1840. The molecule has 10 heteroatoms. The first-order chi connectivity index (χ1) is 19.7. The second-order valence-corrected chi connectivity index (χ2v) is 12.5. The summed E-state index contributed by atoms with van der Waals surface area (Å²) in [7, 11) is -4.21. The second-order valence-electron chi connectivity index (χ2n) is 9.44. The molecule has 0 aliphatic rings. The minimum absolute atomic E-state index is 0.0195. The van der Waals surface area contributed by atoms with E-state index in [9.17, 15) is 18.0 Å². The number of benzene rings is 4. The number of nitrogens with one attached hydrogen (secondary N) is 2. The molecule has 2 atom stereocenters. The van der Waals surface area contributed by atoms with E-state index < -0.39 is 33.3 Å². The molecule has 0 radical (unpaired) electrons. The lowest BCUT2D eigenvalue weighted by Gasteiger charge is -2.27. The molecule has 2 unspecified atom stereocenters. The monoisotopic (exact) mass is 649 g/mol. The van der Waals surface area contributed by atoms with Crippen LogP contribution in [0.15, 0.2) is 123 Å². The molecular weight excluding hydrogens is 626 g/mol. The van der Waals surface area contributed by atoms with E-state index in [-0.39, 0.29) is 10.5 Å². The van der Waals surface area contributed by atoms with E-state index in [2.05, 4.69) is 25.8 Å². The highest BCUT2D eigenvalue weighted by molar-refractivity contribution is 9.10. The van der Waals surface area contributed by atoms with Gasteiger partial charge in [0, 0.05) is 32.2 Å². The number of sulfonamides is 1. The summed E-state index contributed by atoms with van der Waals surface area (Å²) >= 11 is 9.52. The van der Waals surface area contributed by atoms with Crippen LogP contribution in [-0.2, 0) is 10.0 Å². The van der Waals surface area contributed by atoms with Crippen LogP contribution in [0.3, 0.4) is 0 Å². The molecule has 0 saturated carbocycles. The highest BCUT2D eigenvalue weighted by Gasteiger charge is 2.38. The Morgan fingerprint density at radius 3 is 2.07 bits per heavy atom. The first kappa shape index (κ1) is 28.8. The number of aromatic amines is 1. The lowest BCUT2D eigenvalue weighted by molar-refractivity contribution is 0.0945. The number of hydrogen-bond donors (Lipinski definition) is 2. The molecule has 0 saturated heterocycles. The van der Waals surface area contributed by atoms with Crippen LogP contribution in [0.25, 0.3) is 5.69 Å². The maximum absolute atomic E-state index is 14.2. The standard InChI is InChI=1S/C31H25BrClN3O4S/c1-20-27(31(38)36(34-20)25-10-6-3-7-11-25)28(21-12-16-24(33)17-13-21)29(30(37)22-8-4-2-5-9-22)35-41(39,40)26-18-14-23(32)15-19-26/h2-19,28-29,34-35H,1H3. The number of Topliss-reactive ketones (excluding diaryl/α,β-unsaturated/α-hetero) is 1. The molecule has 5 rings (SSSR count). The van der Waals surface area contributed by atoms with Gasteiger partial charge in [-0.25, -0.2) is 13.1 Å². The largest absolute Gasteiger partial charge is 0.295 e. The van der Waals surface area contributed by atoms with Gasteiger partial charge in [0.2, 0.25) is 10.0 Å². The summed E-state index contributed by atoms with van der Waals surface area (Å²) < 4.78 is 32.2. The number of aromatic nitrogens is 2. The van der Waals surface area contributed by atoms with Crippen molar-refractivity contribution >= 4 is 43.3 Å². The van der Waals surface area contributed by atoms with E-state index in [0.717, 1.165) is 0 Å². The van der Waals surface area contributed by atoms with E-state index in [1.54, 1.807) is 85.8 Å². The van der Waals surface area contributed by atoms with E-state index in [0.29, 0.717) is 32.0 Å². The zero-order valence-electron chi connectivity index (χ0n) is 21.8. The molecule has 0 spiro atoms. The number of carbonyl (C=O) groups excluding carboxylic acids is 1. The van der Waals surface area contributed by atoms with Crippen molar-refractivity contribution in [3.05, 3.63) is 151 Å². The molecule has 5 aromatic rings. The van der Waals surface area contributed by atoms with Crippen LogP contribution in [0.4, 0.5) is 0 Å². The number of aryl methyl sites for hydroxylation is 1. The first-order valence-electron chi connectivity index (χ1n) is 12.7. The SMILES string of the molecule is Cc1[nH]n(-c2ccccc2)c(=O)c1C(c1ccc(Cl)cc1)C(NS(=O)(=O)c1ccc(Br)cc1)C(=O)c1ccccc1. The van der Waals surface area contributed by atoms with Gasteiger partial charge in [0.1, 0.15) is 0 Å². The lowest BCUT2D eigenvalue weighted by Crippen LogP contribution is -2.46. The van der Waals surface area contributed by atoms with E-state index in [1.807, 2.05) is 18.2 Å². The number of hydrogen-bond acceptors (Lipinski definition) is 4. The smallest absolute Gasteiger partial charge is 0.275 e. The molecule has 1 heterocycles. The van der Waals surface area contributed by atoms with Gasteiger partial charge < -0.3 is 0 Å². The van der Waals surface area contributed by atoms with Crippen LogP contribution in [0.2, 0.25) is 5.02 Å². The van der Waals surface area contributed by atoms with Gasteiger partial charge in [-0.2, -0.15) is 4.72 Å². The van der Waals surface area contributed by atoms with Crippen LogP contribution >= 0.6 is 27.5 Å². The minimum atomic E-state index is -4.21. The second kappa shape index (κ2) is 12.0. The third-order valence-electron chi connectivity index (χ3n) is 6.75. The van der Waals surface area contributed by atoms with Crippen molar-refractivity contribution < 1.29 is 13.2 Å². The predicted molar refractivity (Wildman–Crippen MR) is 163 cm³/mol. The fourth-order valence-electron chi connectivity index (χ4n) is 4.78. The topological polar surface area (TPSA) is 101 Å². The Kier molecular flexibility index (Phi) is 8.42. The van der Waals surface area contributed by atoms with Crippen LogP contribution in [0.1, 0.15) is 33.1 Å². The summed E-state index contributed by atoms with van der Waals surface area (Å²) in [6.45, 7) is 1.73. The average molecular weight is 651 g/mol. The van der Waals surface area contributed by atoms with Crippen molar-refractivity contribution in [3.63, 3.8) is 0 Å². The van der Waals surface area contributed by atoms with E-state index in [1.165, 1.54) is 16.8 Å². The fraction of sp³-hybridized carbons (Fsp3) is 0.0968. The number of para-hydroxylation sites is 1. The maximum Gasteiger partial charge on any atom is 0.275 e. The summed E-state index contributed by atoms with van der Waals surface area (Å²) in [5.74, 6) is -1.49.